The Hall–Kier alpha value is -3.16. The zero-order valence-corrected chi connectivity index (χ0v) is 14.8. The number of rotatable bonds is 5. The average Bonchev–Trinajstić information content (AvgIpc) is 3.28. The van der Waals surface area contributed by atoms with Gasteiger partial charge in [0.25, 0.3) is 0 Å². The molecule has 2 aliphatic rings. The number of fused-ring (bicyclic) bond motifs is 2. The molecule has 0 spiro atoms. The van der Waals surface area contributed by atoms with E-state index in [4.69, 9.17) is 4.74 Å². The smallest absolute Gasteiger partial charge is 0.339 e. The van der Waals surface area contributed by atoms with E-state index in [1.807, 2.05) is 12.2 Å². The number of ether oxygens (including phenoxy) is 2. The van der Waals surface area contributed by atoms with E-state index in [1.165, 1.54) is 32.4 Å². The molecule has 8 heteroatoms. The largest absolute Gasteiger partial charge is 0.481 e. The number of carboxylic acid groups (broad SMARTS) is 1. The molecule has 1 aromatic rings. The van der Waals surface area contributed by atoms with E-state index in [0.29, 0.717) is 6.42 Å². The summed E-state index contributed by atoms with van der Waals surface area (Å²) in [5.74, 6) is -4.76. The van der Waals surface area contributed by atoms with Crippen LogP contribution in [0.5, 0.6) is 0 Å². The first-order chi connectivity index (χ1) is 12.9. The van der Waals surface area contributed by atoms with Gasteiger partial charge >= 0.3 is 17.9 Å². The molecule has 0 unspecified atom stereocenters. The van der Waals surface area contributed by atoms with Crippen LogP contribution in [0.1, 0.15) is 27.1 Å². The molecule has 1 amide bonds. The van der Waals surface area contributed by atoms with Crippen molar-refractivity contribution in [3.63, 3.8) is 0 Å². The summed E-state index contributed by atoms with van der Waals surface area (Å²) in [5.41, 5.74) is 0.276. The maximum atomic E-state index is 12.9. The molecule has 8 nitrogen and oxygen atoms in total. The predicted octanol–water partition coefficient (Wildman–Crippen LogP) is 1.72. The minimum Gasteiger partial charge on any atom is -0.481 e. The van der Waals surface area contributed by atoms with Crippen molar-refractivity contribution in [2.24, 2.45) is 23.7 Å². The van der Waals surface area contributed by atoms with E-state index in [0.717, 1.165) is 0 Å². The van der Waals surface area contributed by atoms with Crippen LogP contribution in [-0.2, 0) is 19.1 Å². The van der Waals surface area contributed by atoms with Crippen LogP contribution in [0.2, 0.25) is 0 Å². The third-order valence-corrected chi connectivity index (χ3v) is 5.15. The Balaban J connectivity index is 1.92. The van der Waals surface area contributed by atoms with Crippen molar-refractivity contribution < 1.29 is 33.8 Å². The van der Waals surface area contributed by atoms with Crippen molar-refractivity contribution in [3.05, 3.63) is 41.5 Å². The lowest BCUT2D eigenvalue weighted by atomic mass is 9.82. The molecule has 3 rings (SSSR count). The fraction of sp³-hybridized carbons (Fsp3) is 0.368. The molecule has 2 aliphatic carbocycles. The zero-order valence-electron chi connectivity index (χ0n) is 14.8. The minimum atomic E-state index is -1.02. The summed E-state index contributed by atoms with van der Waals surface area (Å²) < 4.78 is 9.36. The van der Waals surface area contributed by atoms with E-state index in [9.17, 15) is 24.3 Å². The van der Waals surface area contributed by atoms with E-state index in [-0.39, 0.29) is 28.7 Å². The number of esters is 2. The van der Waals surface area contributed by atoms with Gasteiger partial charge in [-0.2, -0.15) is 0 Å². The highest BCUT2D eigenvalue weighted by molar-refractivity contribution is 6.04. The fourth-order valence-electron chi connectivity index (χ4n) is 3.91. The molecule has 2 bridgehead atoms. The normalized spacial score (nSPS) is 25.1. The Bertz CT molecular complexity index is 844. The molecule has 142 valence electrons. The van der Waals surface area contributed by atoms with Crippen molar-refractivity contribution in [2.75, 3.05) is 19.5 Å². The summed E-state index contributed by atoms with van der Waals surface area (Å²) in [6.45, 7) is 0. The van der Waals surface area contributed by atoms with E-state index >= 15 is 0 Å². The van der Waals surface area contributed by atoms with Crippen LogP contribution >= 0.6 is 0 Å². The number of hydrogen-bond acceptors (Lipinski definition) is 6. The number of nitrogens with one attached hydrogen (secondary N) is 1. The first kappa shape index (κ1) is 18.6. The maximum Gasteiger partial charge on any atom is 0.339 e. The van der Waals surface area contributed by atoms with Gasteiger partial charge in [0.15, 0.2) is 0 Å². The van der Waals surface area contributed by atoms with Crippen molar-refractivity contribution >= 4 is 29.5 Å². The van der Waals surface area contributed by atoms with Gasteiger partial charge in [-0.3, -0.25) is 9.59 Å². The second kappa shape index (κ2) is 7.22. The van der Waals surface area contributed by atoms with Crippen molar-refractivity contribution in [2.45, 2.75) is 6.42 Å². The number of amides is 1. The number of benzene rings is 1. The van der Waals surface area contributed by atoms with E-state index in [2.05, 4.69) is 10.1 Å². The lowest BCUT2D eigenvalue weighted by Gasteiger charge is -2.24. The van der Waals surface area contributed by atoms with Gasteiger partial charge < -0.3 is 19.9 Å². The van der Waals surface area contributed by atoms with Crippen LogP contribution < -0.4 is 5.32 Å². The summed E-state index contributed by atoms with van der Waals surface area (Å²) >= 11 is 0. The lowest BCUT2D eigenvalue weighted by Crippen LogP contribution is -2.36. The molecule has 2 N–H and O–H groups in total. The first-order valence-electron chi connectivity index (χ1n) is 8.40. The number of carbonyl (C=O) groups excluding carboxylic acids is 3. The quantitative estimate of drug-likeness (QED) is 0.596. The number of aliphatic carboxylic acids is 1. The molecule has 1 saturated carbocycles. The molecule has 0 aliphatic heterocycles. The van der Waals surface area contributed by atoms with Crippen LogP contribution in [0.4, 0.5) is 5.69 Å². The molecule has 0 saturated heterocycles. The Kier molecular flexibility index (Phi) is 4.98. The summed E-state index contributed by atoms with van der Waals surface area (Å²) in [5, 5.41) is 12.1. The van der Waals surface area contributed by atoms with Crippen LogP contribution in [0.25, 0.3) is 0 Å². The highest BCUT2D eigenvalue weighted by Crippen LogP contribution is 2.48. The summed E-state index contributed by atoms with van der Waals surface area (Å²) in [6, 6.07) is 4.05. The Morgan fingerprint density at radius 2 is 1.63 bits per heavy atom. The van der Waals surface area contributed by atoms with Gasteiger partial charge in [0, 0.05) is 0 Å². The predicted molar refractivity (Wildman–Crippen MR) is 93.1 cm³/mol. The Morgan fingerprint density at radius 3 is 2.22 bits per heavy atom. The number of carbonyl (C=O) groups is 4. The SMILES string of the molecule is COC(=O)c1ccc(C(=O)OC)c(NC(=O)[C@@H]2[C@@H](C(=O)O)[C@H]3C=C[C@@H]2C3)c1. The van der Waals surface area contributed by atoms with Crippen LogP contribution in [0, 0.1) is 23.7 Å². The highest BCUT2D eigenvalue weighted by atomic mass is 16.5. The lowest BCUT2D eigenvalue weighted by molar-refractivity contribution is -0.146. The van der Waals surface area contributed by atoms with E-state index < -0.39 is 35.7 Å². The van der Waals surface area contributed by atoms with Gasteiger partial charge in [-0.1, -0.05) is 12.2 Å². The second-order valence-corrected chi connectivity index (χ2v) is 6.57. The van der Waals surface area contributed by atoms with Gasteiger partial charge in [-0.05, 0) is 36.5 Å². The minimum absolute atomic E-state index is 0.0593. The number of allylic oxidation sites excluding steroid dienone is 2. The van der Waals surface area contributed by atoms with Crippen molar-refractivity contribution in [1.82, 2.24) is 0 Å². The summed E-state index contributed by atoms with van der Waals surface area (Å²) in [6.07, 6.45) is 4.31. The molecule has 1 aromatic carbocycles. The molecule has 0 aromatic heterocycles. The standard InChI is InChI=1S/C19H19NO7/c1-26-18(24)11-5-6-12(19(25)27-2)13(8-11)20-16(21)14-9-3-4-10(7-9)15(14)17(22)23/h3-6,8-10,14-15H,7H2,1-2H3,(H,20,21)(H,22,23)/t9-,10+,14+,15+/m1/s1. The van der Waals surface area contributed by atoms with Gasteiger partial charge in [-0.15, -0.1) is 0 Å². The fourth-order valence-corrected chi connectivity index (χ4v) is 3.91. The van der Waals surface area contributed by atoms with Gasteiger partial charge in [0.05, 0.1) is 42.9 Å². The topological polar surface area (TPSA) is 119 Å². The highest BCUT2D eigenvalue weighted by Gasteiger charge is 2.51. The maximum absolute atomic E-state index is 12.9. The summed E-state index contributed by atoms with van der Waals surface area (Å²) in [4.78, 5) is 48.2. The molecule has 27 heavy (non-hydrogen) atoms. The van der Waals surface area contributed by atoms with Crippen molar-refractivity contribution in [3.8, 4) is 0 Å². The summed E-state index contributed by atoms with van der Waals surface area (Å²) in [7, 11) is 2.41. The zero-order chi connectivity index (χ0) is 19.7. The molecular formula is C19H19NO7. The monoisotopic (exact) mass is 373 g/mol. The number of methoxy groups -OCH3 is 2. The first-order valence-corrected chi connectivity index (χ1v) is 8.40. The average molecular weight is 373 g/mol. The molecule has 0 heterocycles. The number of carboxylic acids is 1. The van der Waals surface area contributed by atoms with Gasteiger partial charge in [0.1, 0.15) is 0 Å². The molecular weight excluding hydrogens is 354 g/mol. The number of hydrogen-bond donors (Lipinski definition) is 2. The third-order valence-electron chi connectivity index (χ3n) is 5.15. The van der Waals surface area contributed by atoms with Crippen LogP contribution in [-0.4, -0.2) is 43.1 Å². The molecule has 4 atom stereocenters. The van der Waals surface area contributed by atoms with Crippen molar-refractivity contribution in [1.29, 1.82) is 0 Å². The van der Waals surface area contributed by atoms with Gasteiger partial charge in [0.2, 0.25) is 5.91 Å². The van der Waals surface area contributed by atoms with E-state index in [1.54, 1.807) is 0 Å². The van der Waals surface area contributed by atoms with Crippen LogP contribution in [0.15, 0.2) is 30.4 Å². The Morgan fingerprint density at radius 1 is 1.00 bits per heavy atom. The van der Waals surface area contributed by atoms with Gasteiger partial charge in [-0.25, -0.2) is 9.59 Å². The molecule has 0 radical (unpaired) electrons. The molecule has 1 fully saturated rings. The number of anilines is 1. The third kappa shape index (κ3) is 3.30. The Labute approximate surface area is 155 Å². The van der Waals surface area contributed by atoms with Crippen LogP contribution in [0.3, 0.4) is 0 Å². The second-order valence-electron chi connectivity index (χ2n) is 6.57.